The highest BCUT2D eigenvalue weighted by Crippen LogP contribution is 2.46. The number of unbranched alkanes of at least 4 members (excludes halogenated alkanes) is 2. The van der Waals surface area contributed by atoms with Crippen LogP contribution in [0, 0.1) is 5.92 Å². The Kier molecular flexibility index (Phi) is 10.5. The van der Waals surface area contributed by atoms with Crippen LogP contribution in [0.4, 0.5) is 0 Å². The summed E-state index contributed by atoms with van der Waals surface area (Å²) in [5, 5.41) is 38.7. The van der Waals surface area contributed by atoms with Crippen LogP contribution in [-0.2, 0) is 19.1 Å². The van der Waals surface area contributed by atoms with E-state index in [1.54, 1.807) is 13.0 Å². The van der Waals surface area contributed by atoms with E-state index < -0.39 is 52.4 Å². The molecule has 1 aliphatic heterocycles. The molecule has 1 heterocycles. The number of ether oxygens (including phenoxy) is 1. The SMILES string of the molecule is C=CCCCCC(O)[C@@]1(C(O)SCC(NC(C)=O)C(=O)OC)NC(=O)C(CC)[C@]1(C)O. The minimum absolute atomic E-state index is 0.0822. The molecule has 0 aromatic carbocycles. The van der Waals surface area contributed by atoms with Crippen molar-refractivity contribution in [1.29, 1.82) is 0 Å². The van der Waals surface area contributed by atoms with Gasteiger partial charge in [-0.15, -0.1) is 18.3 Å². The third-order valence-electron chi connectivity index (χ3n) is 5.91. The van der Waals surface area contributed by atoms with Crippen molar-refractivity contribution in [2.24, 2.45) is 5.92 Å². The van der Waals surface area contributed by atoms with Crippen LogP contribution in [0.3, 0.4) is 0 Å². The maximum absolute atomic E-state index is 12.6. The highest BCUT2D eigenvalue weighted by molar-refractivity contribution is 7.99. The first-order valence-electron chi connectivity index (χ1n) is 10.5. The van der Waals surface area contributed by atoms with Gasteiger partial charge in [-0.2, -0.15) is 0 Å². The summed E-state index contributed by atoms with van der Waals surface area (Å²) >= 11 is 0.844. The first-order chi connectivity index (χ1) is 14.5. The summed E-state index contributed by atoms with van der Waals surface area (Å²) in [6.45, 7) is 8.09. The quantitative estimate of drug-likeness (QED) is 0.115. The molecule has 0 saturated carbocycles. The van der Waals surface area contributed by atoms with Crippen molar-refractivity contribution in [1.82, 2.24) is 10.6 Å². The van der Waals surface area contributed by atoms with Gasteiger partial charge in [0.1, 0.15) is 22.6 Å². The van der Waals surface area contributed by atoms with E-state index in [0.717, 1.165) is 24.6 Å². The van der Waals surface area contributed by atoms with Crippen molar-refractivity contribution in [2.45, 2.75) is 81.6 Å². The van der Waals surface area contributed by atoms with Crippen LogP contribution in [0.2, 0.25) is 0 Å². The van der Waals surface area contributed by atoms with Crippen LogP contribution in [0.1, 0.15) is 52.9 Å². The van der Waals surface area contributed by atoms with Crippen LogP contribution in [0.5, 0.6) is 0 Å². The Morgan fingerprint density at radius 1 is 1.39 bits per heavy atom. The van der Waals surface area contributed by atoms with Gasteiger partial charge in [0.15, 0.2) is 0 Å². The van der Waals surface area contributed by atoms with Crippen molar-refractivity contribution in [3.63, 3.8) is 0 Å². The van der Waals surface area contributed by atoms with Crippen molar-refractivity contribution in [3.8, 4) is 0 Å². The maximum Gasteiger partial charge on any atom is 0.329 e. The van der Waals surface area contributed by atoms with Crippen molar-refractivity contribution in [2.75, 3.05) is 12.9 Å². The van der Waals surface area contributed by atoms with E-state index in [1.165, 1.54) is 21.0 Å². The number of hydrogen-bond acceptors (Lipinski definition) is 8. The molecule has 9 nitrogen and oxygen atoms in total. The largest absolute Gasteiger partial charge is 0.467 e. The van der Waals surface area contributed by atoms with Gasteiger partial charge in [0.2, 0.25) is 11.8 Å². The number of aliphatic hydroxyl groups is 3. The average molecular weight is 461 g/mol. The number of carbonyl (C=O) groups is 3. The summed E-state index contributed by atoms with van der Waals surface area (Å²) in [5.74, 6) is -2.50. The number of esters is 1. The number of hydrogen-bond donors (Lipinski definition) is 5. The maximum atomic E-state index is 12.6. The first kappa shape index (κ1) is 27.4. The molecule has 0 radical (unpaired) electrons. The van der Waals surface area contributed by atoms with E-state index in [2.05, 4.69) is 21.9 Å². The molecule has 2 amide bonds. The van der Waals surface area contributed by atoms with Crippen molar-refractivity contribution in [3.05, 3.63) is 12.7 Å². The fourth-order valence-corrected chi connectivity index (χ4v) is 5.48. The Balaban J connectivity index is 3.16. The molecule has 6 atom stereocenters. The lowest BCUT2D eigenvalue weighted by Gasteiger charge is -2.47. The molecule has 0 spiro atoms. The van der Waals surface area contributed by atoms with Crippen LogP contribution >= 0.6 is 11.8 Å². The van der Waals surface area contributed by atoms with Crippen LogP contribution in [0.15, 0.2) is 12.7 Å². The van der Waals surface area contributed by atoms with E-state index in [1.807, 2.05) is 0 Å². The molecule has 31 heavy (non-hydrogen) atoms. The highest BCUT2D eigenvalue weighted by atomic mass is 32.2. The molecule has 0 aromatic heterocycles. The molecule has 1 rings (SSSR count). The topological polar surface area (TPSA) is 145 Å². The normalized spacial score (nSPS) is 28.4. The van der Waals surface area contributed by atoms with Crippen LogP contribution in [-0.4, -0.2) is 74.7 Å². The molecule has 178 valence electrons. The Morgan fingerprint density at radius 3 is 2.52 bits per heavy atom. The van der Waals surface area contributed by atoms with Gasteiger partial charge in [0.25, 0.3) is 0 Å². The minimum atomic E-state index is -1.75. The Bertz CT molecular complexity index is 658. The van der Waals surface area contributed by atoms with Gasteiger partial charge >= 0.3 is 5.97 Å². The standard InChI is InChI=1S/C21H36N2O7S/c1-6-8-9-10-11-16(25)21(20(4,29)14(7-2)17(26)23-21)19(28)31-12-15(18(27)30-5)22-13(3)24/h6,14-16,19,25,28-29H,1,7-12H2,2-5H3,(H,22,24)(H,23,26)/t14?,15?,16?,19?,20-,21-/m0/s1. The van der Waals surface area contributed by atoms with Crippen molar-refractivity contribution < 1.29 is 34.4 Å². The fourth-order valence-electron chi connectivity index (χ4n) is 4.17. The van der Waals surface area contributed by atoms with Gasteiger partial charge in [-0.25, -0.2) is 4.79 Å². The predicted molar refractivity (Wildman–Crippen MR) is 118 cm³/mol. The van der Waals surface area contributed by atoms with E-state index >= 15 is 0 Å². The Hall–Kier alpha value is -1.62. The molecule has 10 heteroatoms. The van der Waals surface area contributed by atoms with Gasteiger partial charge in [-0.05, 0) is 32.6 Å². The zero-order valence-corrected chi connectivity index (χ0v) is 19.5. The van der Waals surface area contributed by atoms with Crippen LogP contribution < -0.4 is 10.6 Å². The Labute approximate surface area is 188 Å². The third-order valence-corrected chi connectivity index (χ3v) is 7.12. The second kappa shape index (κ2) is 11.8. The molecule has 0 bridgehead atoms. The second-order valence-corrected chi connectivity index (χ2v) is 9.13. The molecule has 1 fully saturated rings. The highest BCUT2D eigenvalue weighted by Gasteiger charge is 2.66. The first-order valence-corrected chi connectivity index (χ1v) is 11.5. The van der Waals surface area contributed by atoms with Gasteiger partial charge in [-0.3, -0.25) is 9.59 Å². The van der Waals surface area contributed by atoms with Crippen LogP contribution in [0.25, 0.3) is 0 Å². The number of nitrogens with one attached hydrogen (secondary N) is 2. The molecule has 1 aliphatic rings. The number of methoxy groups -OCH3 is 1. The zero-order valence-electron chi connectivity index (χ0n) is 18.7. The second-order valence-electron chi connectivity index (χ2n) is 8.02. The third kappa shape index (κ3) is 6.00. The number of allylic oxidation sites excluding steroid dienone is 1. The fraction of sp³-hybridized carbons (Fsp3) is 0.762. The van der Waals surface area contributed by atoms with E-state index in [0.29, 0.717) is 12.8 Å². The van der Waals surface area contributed by atoms with E-state index in [9.17, 15) is 29.7 Å². The lowest BCUT2D eigenvalue weighted by Crippen LogP contribution is -2.69. The smallest absolute Gasteiger partial charge is 0.329 e. The van der Waals surface area contributed by atoms with Gasteiger partial charge in [0, 0.05) is 12.7 Å². The average Bonchev–Trinajstić information content (AvgIpc) is 2.92. The Morgan fingerprint density at radius 2 is 2.03 bits per heavy atom. The molecule has 0 aromatic rings. The molecule has 1 saturated heterocycles. The zero-order chi connectivity index (χ0) is 23.8. The van der Waals surface area contributed by atoms with E-state index in [4.69, 9.17) is 0 Å². The minimum Gasteiger partial charge on any atom is -0.467 e. The molecular weight excluding hydrogens is 424 g/mol. The van der Waals surface area contributed by atoms with Gasteiger partial charge in [0.05, 0.1) is 19.1 Å². The molecular formula is C21H36N2O7S. The van der Waals surface area contributed by atoms with Gasteiger partial charge < -0.3 is 30.7 Å². The van der Waals surface area contributed by atoms with Gasteiger partial charge in [-0.1, -0.05) is 19.4 Å². The number of thioether (sulfide) groups is 1. The summed E-state index contributed by atoms with van der Waals surface area (Å²) in [6, 6.07) is -1.03. The monoisotopic (exact) mass is 460 g/mol. The summed E-state index contributed by atoms with van der Waals surface area (Å²) in [4.78, 5) is 36.0. The summed E-state index contributed by atoms with van der Waals surface area (Å²) < 4.78 is 4.69. The number of aliphatic hydroxyl groups excluding tert-OH is 2. The molecule has 5 N–H and O–H groups in total. The summed E-state index contributed by atoms with van der Waals surface area (Å²) in [7, 11) is 1.18. The number of amides is 2. The molecule has 0 aliphatic carbocycles. The lowest BCUT2D eigenvalue weighted by atomic mass is 9.71. The lowest BCUT2D eigenvalue weighted by molar-refractivity contribution is -0.144. The summed E-state index contributed by atoms with van der Waals surface area (Å²) in [5.41, 5.74) is -4.96. The van der Waals surface area contributed by atoms with E-state index in [-0.39, 0.29) is 12.2 Å². The molecule has 4 unspecified atom stereocenters. The predicted octanol–water partition coefficient (Wildman–Crippen LogP) is 0.469. The number of carbonyl (C=O) groups excluding carboxylic acids is 3. The summed E-state index contributed by atoms with van der Waals surface area (Å²) in [6.07, 6.45) is 3.21. The number of rotatable bonds is 13. The van der Waals surface area contributed by atoms with Crippen molar-refractivity contribution >= 4 is 29.5 Å².